The zero-order valence-corrected chi connectivity index (χ0v) is 16.0. The highest BCUT2D eigenvalue weighted by molar-refractivity contribution is 7.89. The summed E-state index contributed by atoms with van der Waals surface area (Å²) < 4.78 is 25.2. The third-order valence-corrected chi connectivity index (χ3v) is 5.37. The average Bonchev–Trinajstić information content (AvgIpc) is 2.62. The fourth-order valence-electron chi connectivity index (χ4n) is 2.23. The molecule has 2 aromatic carbocycles. The van der Waals surface area contributed by atoms with Crippen LogP contribution in [0.5, 0.6) is 0 Å². The second-order valence-electron chi connectivity index (χ2n) is 5.61. The van der Waals surface area contributed by atoms with Gasteiger partial charge in [-0.3, -0.25) is 4.79 Å². The smallest absolute Gasteiger partial charge is 0.257 e. The van der Waals surface area contributed by atoms with Gasteiger partial charge in [0.15, 0.2) is 0 Å². The molecule has 6 nitrogen and oxygen atoms in total. The number of hydrogen-bond donors (Lipinski definition) is 3. The fourth-order valence-corrected chi connectivity index (χ4v) is 3.07. The minimum atomic E-state index is -3.16. The van der Waals surface area contributed by atoms with Crippen molar-refractivity contribution in [3.05, 3.63) is 64.7 Å². The molecule has 2 rings (SSSR count). The van der Waals surface area contributed by atoms with Gasteiger partial charge in [0.1, 0.15) is 0 Å². The molecule has 0 aliphatic rings. The Kier molecular flexibility index (Phi) is 7.59. The van der Waals surface area contributed by atoms with Crippen molar-refractivity contribution < 1.29 is 13.2 Å². The number of benzene rings is 2. The van der Waals surface area contributed by atoms with Crippen LogP contribution in [-0.2, 0) is 16.6 Å². The molecule has 26 heavy (non-hydrogen) atoms. The van der Waals surface area contributed by atoms with Crippen molar-refractivity contribution in [3.63, 3.8) is 0 Å². The second kappa shape index (κ2) is 9.68. The van der Waals surface area contributed by atoms with Crippen molar-refractivity contribution in [3.8, 4) is 0 Å². The van der Waals surface area contributed by atoms with E-state index in [-0.39, 0.29) is 11.7 Å². The average molecular weight is 396 g/mol. The normalized spacial score (nSPS) is 11.3. The van der Waals surface area contributed by atoms with E-state index in [1.54, 1.807) is 37.3 Å². The molecule has 3 N–H and O–H groups in total. The fraction of sp³-hybridized carbons (Fsp3) is 0.278. The molecule has 0 bridgehead atoms. The van der Waals surface area contributed by atoms with Crippen LogP contribution in [0.4, 0.5) is 5.69 Å². The molecular formula is C18H22ClN3O3S. The van der Waals surface area contributed by atoms with E-state index >= 15 is 0 Å². The molecule has 1 amide bonds. The SMILES string of the molecule is CCS(=O)(=O)NCCNCc1cccc(NC(=O)c2ccccc2Cl)c1. The van der Waals surface area contributed by atoms with Crippen LogP contribution in [0.25, 0.3) is 0 Å². The van der Waals surface area contributed by atoms with Crippen LogP contribution < -0.4 is 15.4 Å². The van der Waals surface area contributed by atoms with Crippen LogP contribution in [0.15, 0.2) is 48.5 Å². The molecule has 8 heteroatoms. The van der Waals surface area contributed by atoms with Crippen molar-refractivity contribution in [2.45, 2.75) is 13.5 Å². The highest BCUT2D eigenvalue weighted by Crippen LogP contribution is 2.17. The maximum absolute atomic E-state index is 12.3. The van der Waals surface area contributed by atoms with Crippen LogP contribution in [0.2, 0.25) is 5.02 Å². The first-order chi connectivity index (χ1) is 12.4. The lowest BCUT2D eigenvalue weighted by Crippen LogP contribution is -2.32. The van der Waals surface area contributed by atoms with Crippen LogP contribution in [0.3, 0.4) is 0 Å². The molecule has 0 aromatic heterocycles. The molecule has 0 radical (unpaired) electrons. The number of rotatable bonds is 9. The van der Waals surface area contributed by atoms with Crippen molar-refractivity contribution in [1.29, 1.82) is 0 Å². The second-order valence-corrected chi connectivity index (χ2v) is 8.11. The third-order valence-electron chi connectivity index (χ3n) is 3.64. The summed E-state index contributed by atoms with van der Waals surface area (Å²) >= 11 is 6.04. The van der Waals surface area contributed by atoms with Gasteiger partial charge in [0.2, 0.25) is 10.0 Å². The van der Waals surface area contributed by atoms with E-state index < -0.39 is 10.0 Å². The van der Waals surface area contributed by atoms with Gasteiger partial charge >= 0.3 is 0 Å². The third kappa shape index (κ3) is 6.42. The maximum atomic E-state index is 12.3. The highest BCUT2D eigenvalue weighted by atomic mass is 35.5. The Morgan fingerprint density at radius 2 is 1.85 bits per heavy atom. The Bertz CT molecular complexity index is 856. The lowest BCUT2D eigenvalue weighted by atomic mass is 10.1. The zero-order chi connectivity index (χ0) is 19.0. The van der Waals surface area contributed by atoms with Gasteiger partial charge in [0, 0.05) is 25.3 Å². The number of halogens is 1. The summed E-state index contributed by atoms with van der Waals surface area (Å²) in [5.74, 6) is -0.199. The predicted molar refractivity (Wildman–Crippen MR) is 105 cm³/mol. The van der Waals surface area contributed by atoms with Gasteiger partial charge in [-0.1, -0.05) is 35.9 Å². The number of carbonyl (C=O) groups is 1. The summed E-state index contributed by atoms with van der Waals surface area (Å²) in [4.78, 5) is 12.3. The molecule has 0 fully saturated rings. The lowest BCUT2D eigenvalue weighted by molar-refractivity contribution is 0.102. The quantitative estimate of drug-likeness (QED) is 0.569. The molecule has 0 spiro atoms. The van der Waals surface area contributed by atoms with Gasteiger partial charge < -0.3 is 10.6 Å². The molecule has 2 aromatic rings. The molecule has 0 unspecified atom stereocenters. The highest BCUT2D eigenvalue weighted by Gasteiger charge is 2.10. The molecule has 0 saturated carbocycles. The van der Waals surface area contributed by atoms with Crippen molar-refractivity contribution in [1.82, 2.24) is 10.0 Å². The van der Waals surface area contributed by atoms with Crippen molar-refractivity contribution >= 4 is 33.2 Å². The summed E-state index contributed by atoms with van der Waals surface area (Å²) in [6.45, 7) is 3.00. The number of amides is 1. The van der Waals surface area contributed by atoms with Gasteiger partial charge in [-0.05, 0) is 36.8 Å². The Hall–Kier alpha value is -1.93. The van der Waals surface area contributed by atoms with Crippen LogP contribution >= 0.6 is 11.6 Å². The largest absolute Gasteiger partial charge is 0.322 e. The van der Waals surface area contributed by atoms with E-state index in [0.717, 1.165) is 5.56 Å². The number of carbonyl (C=O) groups excluding carboxylic acids is 1. The lowest BCUT2D eigenvalue weighted by Gasteiger charge is -2.10. The number of anilines is 1. The summed E-state index contributed by atoms with van der Waals surface area (Å²) in [5.41, 5.74) is 2.06. The van der Waals surface area contributed by atoms with Gasteiger partial charge in [-0.2, -0.15) is 0 Å². The van der Waals surface area contributed by atoms with Crippen LogP contribution in [-0.4, -0.2) is 33.2 Å². The number of hydrogen-bond acceptors (Lipinski definition) is 4. The van der Waals surface area contributed by atoms with E-state index in [2.05, 4.69) is 15.4 Å². The van der Waals surface area contributed by atoms with Crippen molar-refractivity contribution in [2.24, 2.45) is 0 Å². The topological polar surface area (TPSA) is 87.3 Å². The van der Waals surface area contributed by atoms with E-state index in [1.807, 2.05) is 18.2 Å². The molecular weight excluding hydrogens is 374 g/mol. The van der Waals surface area contributed by atoms with E-state index in [0.29, 0.717) is 35.9 Å². The summed E-state index contributed by atoms with van der Waals surface area (Å²) in [6, 6.07) is 14.3. The molecule has 0 aliphatic carbocycles. The number of sulfonamides is 1. The predicted octanol–water partition coefficient (Wildman–Crippen LogP) is 2.62. The summed E-state index contributed by atoms with van der Waals surface area (Å²) in [6.07, 6.45) is 0. The maximum Gasteiger partial charge on any atom is 0.257 e. The van der Waals surface area contributed by atoms with Gasteiger partial charge in [0.05, 0.1) is 16.3 Å². The Labute approximate surface area is 159 Å². The van der Waals surface area contributed by atoms with Crippen molar-refractivity contribution in [2.75, 3.05) is 24.2 Å². The summed E-state index contributed by atoms with van der Waals surface area (Å²) in [5, 5.41) is 6.38. The Balaban J connectivity index is 1.86. The minimum absolute atomic E-state index is 0.0696. The Morgan fingerprint density at radius 3 is 2.58 bits per heavy atom. The first-order valence-electron chi connectivity index (χ1n) is 8.24. The van der Waals surface area contributed by atoms with Gasteiger partial charge in [0.25, 0.3) is 5.91 Å². The number of nitrogens with one attached hydrogen (secondary N) is 3. The van der Waals surface area contributed by atoms with E-state index in [9.17, 15) is 13.2 Å². The molecule has 0 heterocycles. The summed E-state index contributed by atoms with van der Waals surface area (Å²) in [7, 11) is -3.16. The molecule has 0 saturated heterocycles. The van der Waals surface area contributed by atoms with Crippen LogP contribution in [0, 0.1) is 0 Å². The van der Waals surface area contributed by atoms with Gasteiger partial charge in [-0.25, -0.2) is 13.1 Å². The first kappa shape index (κ1) is 20.4. The molecule has 0 aliphatic heterocycles. The van der Waals surface area contributed by atoms with Crippen LogP contribution in [0.1, 0.15) is 22.8 Å². The Morgan fingerprint density at radius 1 is 1.08 bits per heavy atom. The minimum Gasteiger partial charge on any atom is -0.322 e. The molecule has 0 atom stereocenters. The standard InChI is InChI=1S/C18H22ClN3O3S/c1-2-26(24,25)21-11-10-20-13-14-6-5-7-15(12-14)22-18(23)16-8-3-4-9-17(16)19/h3-9,12,20-21H,2,10-11,13H2,1H3,(H,22,23). The van der Waals surface area contributed by atoms with E-state index in [4.69, 9.17) is 11.6 Å². The first-order valence-corrected chi connectivity index (χ1v) is 10.3. The molecule has 140 valence electrons. The monoisotopic (exact) mass is 395 g/mol. The van der Waals surface area contributed by atoms with Gasteiger partial charge in [-0.15, -0.1) is 0 Å². The zero-order valence-electron chi connectivity index (χ0n) is 14.5. The van der Waals surface area contributed by atoms with E-state index in [1.165, 1.54) is 0 Å².